The van der Waals surface area contributed by atoms with E-state index in [1.807, 2.05) is 6.20 Å². The zero-order chi connectivity index (χ0) is 13.2. The lowest BCUT2D eigenvalue weighted by atomic mass is 10.3. The fourth-order valence-corrected chi connectivity index (χ4v) is 2.28. The van der Waals surface area contributed by atoms with E-state index in [2.05, 4.69) is 41.4 Å². The van der Waals surface area contributed by atoms with Gasteiger partial charge in [0.25, 0.3) is 0 Å². The minimum atomic E-state index is 0.880. The Morgan fingerprint density at radius 2 is 2.22 bits per heavy atom. The summed E-state index contributed by atoms with van der Waals surface area (Å²) in [4.78, 5) is 10.1. The van der Waals surface area contributed by atoms with E-state index >= 15 is 0 Å². The molecule has 1 rings (SSSR count). The van der Waals surface area contributed by atoms with Gasteiger partial charge in [-0.05, 0) is 20.3 Å². The first-order chi connectivity index (χ1) is 8.76. The lowest BCUT2D eigenvalue weighted by Crippen LogP contribution is -2.38. The number of aromatic nitrogens is 1. The summed E-state index contributed by atoms with van der Waals surface area (Å²) in [7, 11) is 0. The molecule has 2 N–H and O–H groups in total. The van der Waals surface area contributed by atoms with E-state index in [0.29, 0.717) is 0 Å². The molecule has 0 aliphatic heterocycles. The summed E-state index contributed by atoms with van der Waals surface area (Å²) >= 11 is 1.76. The second-order valence-electron chi connectivity index (χ2n) is 4.16. The molecule has 0 saturated carbocycles. The summed E-state index contributed by atoms with van der Waals surface area (Å²) in [5, 5.41) is 7.78. The van der Waals surface area contributed by atoms with Crippen LogP contribution in [0.5, 0.6) is 0 Å². The van der Waals surface area contributed by atoms with Crippen molar-refractivity contribution < 1.29 is 0 Å². The van der Waals surface area contributed by atoms with E-state index in [1.54, 1.807) is 11.3 Å². The molecular formula is C13H24N4S. The SMILES string of the molecule is CCCCN=C(NCC)NCCc1ncc(C)s1. The Hall–Kier alpha value is -1.10. The molecule has 0 bridgehead atoms. The van der Waals surface area contributed by atoms with Gasteiger partial charge in [-0.25, -0.2) is 4.98 Å². The Labute approximate surface area is 114 Å². The highest BCUT2D eigenvalue weighted by atomic mass is 32.1. The Kier molecular flexibility index (Phi) is 7.41. The maximum Gasteiger partial charge on any atom is 0.191 e. The van der Waals surface area contributed by atoms with E-state index in [0.717, 1.165) is 38.4 Å². The number of hydrogen-bond acceptors (Lipinski definition) is 3. The zero-order valence-corrected chi connectivity index (χ0v) is 12.4. The molecule has 102 valence electrons. The lowest BCUT2D eigenvalue weighted by molar-refractivity contribution is 0.766. The highest BCUT2D eigenvalue weighted by Crippen LogP contribution is 2.10. The molecule has 0 fully saturated rings. The topological polar surface area (TPSA) is 49.3 Å². The number of rotatable bonds is 7. The number of nitrogens with zero attached hydrogens (tertiary/aromatic N) is 2. The summed E-state index contributed by atoms with van der Waals surface area (Å²) in [6.45, 7) is 9.02. The molecule has 0 unspecified atom stereocenters. The Morgan fingerprint density at radius 1 is 1.39 bits per heavy atom. The predicted octanol–water partition coefficient (Wildman–Crippen LogP) is 2.35. The van der Waals surface area contributed by atoms with Gasteiger partial charge < -0.3 is 10.6 Å². The van der Waals surface area contributed by atoms with Gasteiger partial charge in [0, 0.05) is 37.1 Å². The van der Waals surface area contributed by atoms with E-state index < -0.39 is 0 Å². The molecule has 0 saturated heterocycles. The molecule has 1 aromatic heterocycles. The first-order valence-electron chi connectivity index (χ1n) is 6.69. The summed E-state index contributed by atoms with van der Waals surface area (Å²) < 4.78 is 0. The Morgan fingerprint density at radius 3 is 2.83 bits per heavy atom. The van der Waals surface area contributed by atoms with Crippen LogP contribution in [-0.2, 0) is 6.42 Å². The summed E-state index contributed by atoms with van der Waals surface area (Å²) in [5.41, 5.74) is 0. The van der Waals surface area contributed by atoms with Crippen LogP contribution in [0.25, 0.3) is 0 Å². The monoisotopic (exact) mass is 268 g/mol. The van der Waals surface area contributed by atoms with Gasteiger partial charge in [0.1, 0.15) is 0 Å². The number of aryl methyl sites for hydroxylation is 1. The van der Waals surface area contributed by atoms with Gasteiger partial charge in [-0.2, -0.15) is 0 Å². The van der Waals surface area contributed by atoms with Crippen molar-refractivity contribution in [3.63, 3.8) is 0 Å². The Balaban J connectivity index is 2.30. The van der Waals surface area contributed by atoms with Gasteiger partial charge in [-0.1, -0.05) is 13.3 Å². The van der Waals surface area contributed by atoms with Crippen LogP contribution >= 0.6 is 11.3 Å². The number of hydrogen-bond donors (Lipinski definition) is 2. The molecule has 0 spiro atoms. The first-order valence-corrected chi connectivity index (χ1v) is 7.51. The fraction of sp³-hybridized carbons (Fsp3) is 0.692. The van der Waals surface area contributed by atoms with Gasteiger partial charge >= 0.3 is 0 Å². The molecule has 0 amide bonds. The normalized spacial score (nSPS) is 11.6. The second-order valence-corrected chi connectivity index (χ2v) is 5.47. The predicted molar refractivity (Wildman–Crippen MR) is 79.4 cm³/mol. The maximum absolute atomic E-state index is 4.52. The van der Waals surface area contributed by atoms with Crippen LogP contribution < -0.4 is 10.6 Å². The van der Waals surface area contributed by atoms with Gasteiger partial charge in [0.2, 0.25) is 0 Å². The average molecular weight is 268 g/mol. The molecular weight excluding hydrogens is 244 g/mol. The van der Waals surface area contributed by atoms with E-state index in [9.17, 15) is 0 Å². The van der Waals surface area contributed by atoms with Crippen molar-refractivity contribution in [3.05, 3.63) is 16.1 Å². The zero-order valence-electron chi connectivity index (χ0n) is 11.6. The third-order valence-corrected chi connectivity index (χ3v) is 3.40. The van der Waals surface area contributed by atoms with Crippen molar-refractivity contribution >= 4 is 17.3 Å². The molecule has 0 aliphatic rings. The third kappa shape index (κ3) is 6.00. The number of thiazole rings is 1. The number of unbranched alkanes of at least 4 members (excludes halogenated alkanes) is 1. The summed E-state index contributed by atoms with van der Waals surface area (Å²) in [5.74, 6) is 0.916. The van der Waals surface area contributed by atoms with Crippen molar-refractivity contribution in [1.29, 1.82) is 0 Å². The molecule has 5 heteroatoms. The number of aliphatic imine (C=N–C) groups is 1. The molecule has 0 aromatic carbocycles. The van der Waals surface area contributed by atoms with Crippen LogP contribution in [0.15, 0.2) is 11.2 Å². The van der Waals surface area contributed by atoms with E-state index in [-0.39, 0.29) is 0 Å². The average Bonchev–Trinajstić information content (AvgIpc) is 2.75. The largest absolute Gasteiger partial charge is 0.357 e. The molecule has 18 heavy (non-hydrogen) atoms. The standard InChI is InChI=1S/C13H24N4S/c1-4-6-8-15-13(14-5-2)16-9-7-12-17-10-11(3)18-12/h10H,4-9H2,1-3H3,(H2,14,15,16). The molecule has 0 radical (unpaired) electrons. The van der Waals surface area contributed by atoms with Crippen molar-refractivity contribution in [3.8, 4) is 0 Å². The summed E-state index contributed by atoms with van der Waals surface area (Å²) in [6.07, 6.45) is 5.21. The third-order valence-electron chi connectivity index (χ3n) is 2.43. The van der Waals surface area contributed by atoms with Gasteiger partial charge in [-0.15, -0.1) is 11.3 Å². The van der Waals surface area contributed by atoms with Crippen LogP contribution in [0.3, 0.4) is 0 Å². The first kappa shape index (κ1) is 15.0. The number of guanidine groups is 1. The minimum Gasteiger partial charge on any atom is -0.357 e. The highest BCUT2D eigenvalue weighted by molar-refractivity contribution is 7.11. The van der Waals surface area contributed by atoms with Gasteiger partial charge in [0.15, 0.2) is 5.96 Å². The fourth-order valence-electron chi connectivity index (χ4n) is 1.50. The second kappa shape index (κ2) is 8.91. The highest BCUT2D eigenvalue weighted by Gasteiger charge is 2.00. The van der Waals surface area contributed by atoms with Crippen molar-refractivity contribution in [2.75, 3.05) is 19.6 Å². The number of nitrogens with one attached hydrogen (secondary N) is 2. The minimum absolute atomic E-state index is 0.880. The van der Waals surface area contributed by atoms with Crippen LogP contribution in [0.2, 0.25) is 0 Å². The quantitative estimate of drug-likeness (QED) is 0.453. The van der Waals surface area contributed by atoms with Crippen molar-refractivity contribution in [2.24, 2.45) is 4.99 Å². The van der Waals surface area contributed by atoms with Crippen LogP contribution in [-0.4, -0.2) is 30.6 Å². The van der Waals surface area contributed by atoms with Crippen LogP contribution in [0.4, 0.5) is 0 Å². The Bertz CT molecular complexity index is 360. The van der Waals surface area contributed by atoms with Crippen LogP contribution in [0, 0.1) is 6.92 Å². The maximum atomic E-state index is 4.52. The molecule has 1 heterocycles. The summed E-state index contributed by atoms with van der Waals surface area (Å²) in [6, 6.07) is 0. The lowest BCUT2D eigenvalue weighted by Gasteiger charge is -2.10. The molecule has 0 atom stereocenters. The molecule has 1 aromatic rings. The smallest absolute Gasteiger partial charge is 0.191 e. The molecule has 4 nitrogen and oxygen atoms in total. The van der Waals surface area contributed by atoms with Crippen LogP contribution in [0.1, 0.15) is 36.6 Å². The van der Waals surface area contributed by atoms with E-state index in [1.165, 1.54) is 16.3 Å². The van der Waals surface area contributed by atoms with Crippen molar-refractivity contribution in [2.45, 2.75) is 40.0 Å². The van der Waals surface area contributed by atoms with Gasteiger partial charge in [0.05, 0.1) is 5.01 Å². The molecule has 0 aliphatic carbocycles. The van der Waals surface area contributed by atoms with E-state index in [4.69, 9.17) is 0 Å². The van der Waals surface area contributed by atoms with Gasteiger partial charge in [-0.3, -0.25) is 4.99 Å². The van der Waals surface area contributed by atoms with Crippen molar-refractivity contribution in [1.82, 2.24) is 15.6 Å².